The Hall–Kier alpha value is -4.58. The zero-order valence-electron chi connectivity index (χ0n) is 24.8. The topological polar surface area (TPSA) is 118 Å². The van der Waals surface area contributed by atoms with Gasteiger partial charge < -0.3 is 19.7 Å². The Bertz CT molecular complexity index is 1630. The van der Waals surface area contributed by atoms with Gasteiger partial charge in [-0.15, -0.1) is 0 Å². The van der Waals surface area contributed by atoms with E-state index in [0.29, 0.717) is 44.2 Å². The van der Waals surface area contributed by atoms with Crippen LogP contribution in [0.4, 0.5) is 0 Å². The normalized spacial score (nSPS) is 14.3. The predicted octanol–water partition coefficient (Wildman–Crippen LogP) is 3.44. The first kappa shape index (κ1) is 31.8. The van der Waals surface area contributed by atoms with E-state index in [9.17, 15) is 18.0 Å². The summed E-state index contributed by atoms with van der Waals surface area (Å²) in [6.45, 7) is 1.37. The lowest BCUT2D eigenvalue weighted by atomic mass is 10.0. The average Bonchev–Trinajstić information content (AvgIpc) is 3.09. The summed E-state index contributed by atoms with van der Waals surface area (Å²) in [5.74, 6) is -0.368. The second-order valence-corrected chi connectivity index (χ2v) is 12.5. The van der Waals surface area contributed by atoms with Gasteiger partial charge in [0.25, 0.3) is 5.91 Å². The molecule has 1 aromatic heterocycles. The van der Waals surface area contributed by atoms with Crippen LogP contribution in [-0.2, 0) is 43.9 Å². The van der Waals surface area contributed by atoms with E-state index in [-0.39, 0.29) is 30.5 Å². The van der Waals surface area contributed by atoms with E-state index < -0.39 is 22.0 Å². The first-order valence-electron chi connectivity index (χ1n) is 14.8. The predicted molar refractivity (Wildman–Crippen MR) is 169 cm³/mol. The van der Waals surface area contributed by atoms with Crippen LogP contribution in [0.5, 0.6) is 5.75 Å². The zero-order chi connectivity index (χ0) is 31.5. The lowest BCUT2D eigenvalue weighted by Crippen LogP contribution is -2.51. The van der Waals surface area contributed by atoms with Gasteiger partial charge in [0, 0.05) is 32.3 Å². The van der Waals surface area contributed by atoms with Gasteiger partial charge in [-0.2, -0.15) is 4.31 Å². The molecular weight excluding hydrogens is 592 g/mol. The smallest absolute Gasteiger partial charge is 0.261 e. The second-order valence-electron chi connectivity index (χ2n) is 10.5. The minimum atomic E-state index is -3.66. The number of sulfonamides is 1. The summed E-state index contributed by atoms with van der Waals surface area (Å²) >= 11 is 0. The summed E-state index contributed by atoms with van der Waals surface area (Å²) in [5.41, 5.74) is 2.46. The number of hydrogen-bond acceptors (Lipinski definition) is 7. The van der Waals surface area contributed by atoms with Crippen LogP contribution in [0.1, 0.15) is 16.8 Å². The van der Waals surface area contributed by atoms with E-state index in [1.54, 1.807) is 12.3 Å². The van der Waals surface area contributed by atoms with Crippen LogP contribution in [0.15, 0.2) is 114 Å². The minimum absolute atomic E-state index is 0.140. The summed E-state index contributed by atoms with van der Waals surface area (Å²) in [5, 5.41) is 2.96. The SMILES string of the molecule is O=C(NCc1ccccn1)C(Cc1ccccc1)N(Cc1ccccc1)C(=O)COc1ccc(S(=O)(=O)N2CCOCC2)cc1. The molecule has 3 aromatic carbocycles. The number of benzene rings is 3. The number of aromatic nitrogens is 1. The van der Waals surface area contributed by atoms with Gasteiger partial charge in [-0.05, 0) is 47.5 Å². The third-order valence-electron chi connectivity index (χ3n) is 7.43. The van der Waals surface area contributed by atoms with E-state index in [2.05, 4.69) is 10.3 Å². The average molecular weight is 629 g/mol. The molecule has 1 saturated heterocycles. The van der Waals surface area contributed by atoms with Crippen molar-refractivity contribution in [1.29, 1.82) is 0 Å². The molecule has 11 heteroatoms. The van der Waals surface area contributed by atoms with Gasteiger partial charge in [-0.25, -0.2) is 8.42 Å². The number of carbonyl (C=O) groups is 2. The summed E-state index contributed by atoms with van der Waals surface area (Å²) < 4.78 is 38.5. The van der Waals surface area contributed by atoms with Crippen LogP contribution >= 0.6 is 0 Å². The van der Waals surface area contributed by atoms with Crippen molar-refractivity contribution < 1.29 is 27.5 Å². The highest BCUT2D eigenvalue weighted by molar-refractivity contribution is 7.89. The maximum Gasteiger partial charge on any atom is 0.261 e. The van der Waals surface area contributed by atoms with E-state index in [0.717, 1.165) is 11.1 Å². The first-order chi connectivity index (χ1) is 21.9. The standard InChI is InChI=1S/C34H36N4O6S/c39-33(26-44-30-14-16-31(17-15-30)45(41,42)37-19-21-43-22-20-37)38(25-28-11-5-2-6-12-28)32(23-27-9-3-1-4-10-27)34(40)36-24-29-13-7-8-18-35-29/h1-18,32H,19-26H2,(H,36,40). The van der Waals surface area contributed by atoms with Gasteiger partial charge in [0.15, 0.2) is 6.61 Å². The lowest BCUT2D eigenvalue weighted by Gasteiger charge is -2.31. The number of pyridine rings is 1. The van der Waals surface area contributed by atoms with Crippen molar-refractivity contribution in [1.82, 2.24) is 19.5 Å². The Balaban J connectivity index is 1.34. The number of nitrogens with one attached hydrogen (secondary N) is 1. The van der Waals surface area contributed by atoms with Crippen LogP contribution in [0.25, 0.3) is 0 Å². The minimum Gasteiger partial charge on any atom is -0.484 e. The van der Waals surface area contributed by atoms with E-state index in [1.807, 2.05) is 72.8 Å². The highest BCUT2D eigenvalue weighted by Crippen LogP contribution is 2.21. The third-order valence-corrected chi connectivity index (χ3v) is 9.34. The van der Waals surface area contributed by atoms with Gasteiger partial charge in [-0.3, -0.25) is 14.6 Å². The summed E-state index contributed by atoms with van der Waals surface area (Å²) in [7, 11) is -3.66. The molecule has 45 heavy (non-hydrogen) atoms. The highest BCUT2D eigenvalue weighted by atomic mass is 32.2. The molecule has 5 rings (SSSR count). The molecule has 0 aliphatic carbocycles. The van der Waals surface area contributed by atoms with E-state index in [4.69, 9.17) is 9.47 Å². The quantitative estimate of drug-likeness (QED) is 0.241. The Kier molecular flexibility index (Phi) is 10.9. The van der Waals surface area contributed by atoms with Crippen molar-refractivity contribution in [3.63, 3.8) is 0 Å². The Labute approximate surface area is 263 Å². The zero-order valence-corrected chi connectivity index (χ0v) is 25.6. The van der Waals surface area contributed by atoms with Crippen LogP contribution in [0.3, 0.4) is 0 Å². The molecule has 0 radical (unpaired) electrons. The maximum absolute atomic E-state index is 13.9. The number of ether oxygens (including phenoxy) is 2. The van der Waals surface area contributed by atoms with Crippen molar-refractivity contribution in [2.24, 2.45) is 0 Å². The number of rotatable bonds is 13. The van der Waals surface area contributed by atoms with E-state index >= 15 is 0 Å². The molecule has 1 unspecified atom stereocenters. The van der Waals surface area contributed by atoms with E-state index in [1.165, 1.54) is 33.5 Å². The molecular formula is C34H36N4O6S. The summed E-state index contributed by atoms with van der Waals surface area (Å²) in [6, 6.07) is 29.6. The lowest BCUT2D eigenvalue weighted by molar-refractivity contribution is -0.142. The van der Waals surface area contributed by atoms with Crippen LogP contribution in [0, 0.1) is 0 Å². The molecule has 1 aliphatic rings. The number of nitrogens with zero attached hydrogens (tertiary/aromatic N) is 3. The van der Waals surface area contributed by atoms with Crippen molar-refractivity contribution >= 4 is 21.8 Å². The Morgan fingerprint density at radius 1 is 0.867 bits per heavy atom. The fraction of sp³-hybridized carbons (Fsp3) is 0.265. The third kappa shape index (κ3) is 8.75. The molecule has 1 fully saturated rings. The van der Waals surface area contributed by atoms with Crippen LogP contribution < -0.4 is 10.1 Å². The molecule has 0 spiro atoms. The maximum atomic E-state index is 13.9. The van der Waals surface area contributed by atoms with Gasteiger partial charge in [-0.1, -0.05) is 66.7 Å². The number of hydrogen-bond donors (Lipinski definition) is 1. The molecule has 1 aliphatic heterocycles. The number of carbonyl (C=O) groups excluding carboxylic acids is 2. The van der Waals surface area contributed by atoms with Crippen molar-refractivity contribution in [3.8, 4) is 5.75 Å². The molecule has 4 aromatic rings. The second kappa shape index (κ2) is 15.4. The molecule has 1 atom stereocenters. The first-order valence-corrected chi connectivity index (χ1v) is 16.2. The molecule has 0 saturated carbocycles. The molecule has 0 bridgehead atoms. The van der Waals surface area contributed by atoms with Crippen molar-refractivity contribution in [2.45, 2.75) is 30.4 Å². The Morgan fingerprint density at radius 3 is 2.16 bits per heavy atom. The fourth-order valence-electron chi connectivity index (χ4n) is 5.00. The van der Waals surface area contributed by atoms with Crippen LogP contribution in [0.2, 0.25) is 0 Å². The fourth-order valence-corrected chi connectivity index (χ4v) is 6.41. The van der Waals surface area contributed by atoms with Crippen molar-refractivity contribution in [2.75, 3.05) is 32.9 Å². The van der Waals surface area contributed by atoms with Gasteiger partial charge in [0.1, 0.15) is 11.8 Å². The van der Waals surface area contributed by atoms with Gasteiger partial charge >= 0.3 is 0 Å². The molecule has 10 nitrogen and oxygen atoms in total. The van der Waals surface area contributed by atoms with Gasteiger partial charge in [0.05, 0.1) is 30.3 Å². The van der Waals surface area contributed by atoms with Crippen LogP contribution in [-0.4, -0.2) is 73.4 Å². The highest BCUT2D eigenvalue weighted by Gasteiger charge is 2.31. The molecule has 1 N–H and O–H groups in total. The Morgan fingerprint density at radius 2 is 1.51 bits per heavy atom. The monoisotopic (exact) mass is 628 g/mol. The molecule has 2 heterocycles. The number of amides is 2. The largest absolute Gasteiger partial charge is 0.484 e. The molecule has 234 valence electrons. The molecule has 2 amide bonds. The number of morpholine rings is 1. The summed E-state index contributed by atoms with van der Waals surface area (Å²) in [4.78, 5) is 33.6. The summed E-state index contributed by atoms with van der Waals surface area (Å²) in [6.07, 6.45) is 1.96. The van der Waals surface area contributed by atoms with Gasteiger partial charge in [0.2, 0.25) is 15.9 Å². The van der Waals surface area contributed by atoms with Crippen molar-refractivity contribution in [3.05, 3.63) is 126 Å².